The maximum Gasteiger partial charge on any atom is 0.123 e. The Kier molecular flexibility index (Phi) is 4.25. The van der Waals surface area contributed by atoms with Crippen molar-refractivity contribution in [3.05, 3.63) is 48.4 Å². The van der Waals surface area contributed by atoms with Crippen LogP contribution in [0.5, 0.6) is 11.5 Å². The van der Waals surface area contributed by atoms with Crippen LogP contribution in [-0.4, -0.2) is 24.9 Å². The fraction of sp³-hybridized carbons (Fsp3) is 0.286. The van der Waals surface area contributed by atoms with E-state index in [2.05, 4.69) is 0 Å². The van der Waals surface area contributed by atoms with Gasteiger partial charge < -0.3 is 19.0 Å². The average molecular weight is 248 g/mol. The third kappa shape index (κ3) is 3.53. The fourth-order valence-electron chi connectivity index (χ4n) is 1.60. The number of aliphatic hydroxyl groups is 1. The van der Waals surface area contributed by atoms with Crippen LogP contribution < -0.4 is 9.47 Å². The third-order valence-corrected chi connectivity index (χ3v) is 2.50. The van der Waals surface area contributed by atoms with Gasteiger partial charge in [-0.15, -0.1) is 0 Å². The van der Waals surface area contributed by atoms with E-state index in [1.165, 1.54) is 0 Å². The SMILES string of the molecule is COc1cccc(OCC(O)Cc2ccco2)c1. The van der Waals surface area contributed by atoms with Crippen molar-refractivity contribution in [2.75, 3.05) is 13.7 Å². The molecule has 1 aromatic heterocycles. The Labute approximate surface area is 106 Å². The van der Waals surface area contributed by atoms with E-state index in [4.69, 9.17) is 13.9 Å². The van der Waals surface area contributed by atoms with Gasteiger partial charge >= 0.3 is 0 Å². The Morgan fingerprint density at radius 3 is 2.78 bits per heavy atom. The first-order valence-electron chi connectivity index (χ1n) is 5.75. The lowest BCUT2D eigenvalue weighted by Crippen LogP contribution is -2.19. The zero-order valence-electron chi connectivity index (χ0n) is 10.2. The monoisotopic (exact) mass is 248 g/mol. The molecule has 0 saturated carbocycles. The highest BCUT2D eigenvalue weighted by atomic mass is 16.5. The smallest absolute Gasteiger partial charge is 0.123 e. The van der Waals surface area contributed by atoms with Crippen LogP contribution in [0.15, 0.2) is 47.1 Å². The summed E-state index contributed by atoms with van der Waals surface area (Å²) in [6.45, 7) is 0.216. The van der Waals surface area contributed by atoms with Crippen LogP contribution >= 0.6 is 0 Å². The molecule has 0 aliphatic rings. The predicted molar refractivity (Wildman–Crippen MR) is 66.9 cm³/mol. The van der Waals surface area contributed by atoms with Crippen LogP contribution in [0.3, 0.4) is 0 Å². The van der Waals surface area contributed by atoms with Crippen molar-refractivity contribution in [1.29, 1.82) is 0 Å². The molecule has 2 rings (SSSR count). The zero-order chi connectivity index (χ0) is 12.8. The standard InChI is InChI=1S/C14H16O4/c1-16-12-4-2-5-14(9-12)18-10-11(15)8-13-6-3-7-17-13/h2-7,9,11,15H,8,10H2,1H3. The Bertz CT molecular complexity index is 464. The van der Waals surface area contributed by atoms with Crippen LogP contribution in [0, 0.1) is 0 Å². The average Bonchev–Trinajstić information content (AvgIpc) is 2.89. The lowest BCUT2D eigenvalue weighted by molar-refractivity contribution is 0.103. The van der Waals surface area contributed by atoms with Crippen LogP contribution in [0.1, 0.15) is 5.76 Å². The minimum absolute atomic E-state index is 0.216. The summed E-state index contributed by atoms with van der Waals surface area (Å²) >= 11 is 0. The fourth-order valence-corrected chi connectivity index (χ4v) is 1.60. The van der Waals surface area contributed by atoms with Crippen LogP contribution in [0.4, 0.5) is 0 Å². The van der Waals surface area contributed by atoms with Crippen molar-refractivity contribution in [1.82, 2.24) is 0 Å². The van der Waals surface area contributed by atoms with Crippen molar-refractivity contribution in [3.8, 4) is 11.5 Å². The summed E-state index contributed by atoms with van der Waals surface area (Å²) in [6, 6.07) is 10.9. The molecule has 0 aliphatic carbocycles. The van der Waals surface area contributed by atoms with Gasteiger partial charge in [-0.25, -0.2) is 0 Å². The Morgan fingerprint density at radius 2 is 2.06 bits per heavy atom. The summed E-state index contributed by atoms with van der Waals surface area (Å²) in [4.78, 5) is 0. The van der Waals surface area contributed by atoms with Crippen molar-refractivity contribution < 1.29 is 19.0 Å². The molecule has 0 radical (unpaired) electrons. The quantitative estimate of drug-likeness (QED) is 0.852. The second-order valence-corrected chi connectivity index (χ2v) is 3.93. The van der Waals surface area contributed by atoms with Crippen LogP contribution in [-0.2, 0) is 6.42 Å². The number of furan rings is 1. The van der Waals surface area contributed by atoms with Gasteiger partial charge in [0, 0.05) is 12.5 Å². The molecule has 1 heterocycles. The summed E-state index contributed by atoms with van der Waals surface area (Å²) in [6.07, 6.45) is 1.43. The molecule has 0 saturated heterocycles. The van der Waals surface area contributed by atoms with Gasteiger partial charge in [-0.2, -0.15) is 0 Å². The number of rotatable bonds is 6. The van der Waals surface area contributed by atoms with Crippen molar-refractivity contribution in [2.24, 2.45) is 0 Å². The van der Waals surface area contributed by atoms with Gasteiger partial charge in [0.15, 0.2) is 0 Å². The molecule has 0 aliphatic heterocycles. The molecule has 0 bridgehead atoms. The molecular formula is C14H16O4. The number of methoxy groups -OCH3 is 1. The molecule has 2 aromatic rings. The number of hydrogen-bond donors (Lipinski definition) is 1. The molecule has 0 spiro atoms. The minimum atomic E-state index is -0.595. The maximum atomic E-state index is 9.79. The summed E-state index contributed by atoms with van der Waals surface area (Å²) < 4.78 is 15.7. The molecule has 4 heteroatoms. The lowest BCUT2D eigenvalue weighted by atomic mass is 10.2. The van der Waals surface area contributed by atoms with Gasteiger partial charge in [0.2, 0.25) is 0 Å². The molecule has 18 heavy (non-hydrogen) atoms. The van der Waals surface area contributed by atoms with E-state index in [-0.39, 0.29) is 6.61 Å². The first-order chi connectivity index (χ1) is 8.78. The van der Waals surface area contributed by atoms with Gasteiger partial charge in [0.05, 0.1) is 19.5 Å². The van der Waals surface area contributed by atoms with Gasteiger partial charge in [-0.3, -0.25) is 0 Å². The highest BCUT2D eigenvalue weighted by molar-refractivity contribution is 5.32. The summed E-state index contributed by atoms with van der Waals surface area (Å²) in [5, 5.41) is 9.79. The number of hydrogen-bond acceptors (Lipinski definition) is 4. The zero-order valence-corrected chi connectivity index (χ0v) is 10.2. The van der Waals surface area contributed by atoms with Gasteiger partial charge in [0.25, 0.3) is 0 Å². The topological polar surface area (TPSA) is 51.8 Å². The first kappa shape index (κ1) is 12.5. The highest BCUT2D eigenvalue weighted by Gasteiger charge is 2.08. The molecule has 1 aromatic carbocycles. The van der Waals surface area contributed by atoms with E-state index in [1.807, 2.05) is 24.3 Å². The Morgan fingerprint density at radius 1 is 1.22 bits per heavy atom. The number of benzene rings is 1. The molecule has 96 valence electrons. The third-order valence-electron chi connectivity index (χ3n) is 2.50. The second-order valence-electron chi connectivity index (χ2n) is 3.93. The van der Waals surface area contributed by atoms with E-state index < -0.39 is 6.10 Å². The van der Waals surface area contributed by atoms with E-state index in [9.17, 15) is 5.11 Å². The lowest BCUT2D eigenvalue weighted by Gasteiger charge is -2.11. The van der Waals surface area contributed by atoms with Gasteiger partial charge in [-0.05, 0) is 24.3 Å². The normalized spacial score (nSPS) is 12.1. The second kappa shape index (κ2) is 6.12. The molecule has 4 nitrogen and oxygen atoms in total. The Balaban J connectivity index is 1.83. The van der Waals surface area contributed by atoms with Crippen molar-refractivity contribution in [2.45, 2.75) is 12.5 Å². The van der Waals surface area contributed by atoms with E-state index >= 15 is 0 Å². The summed E-state index contributed by atoms with van der Waals surface area (Å²) in [5.41, 5.74) is 0. The summed E-state index contributed by atoms with van der Waals surface area (Å²) in [5.74, 6) is 2.15. The van der Waals surface area contributed by atoms with Gasteiger partial charge in [0.1, 0.15) is 23.9 Å². The van der Waals surface area contributed by atoms with Crippen molar-refractivity contribution in [3.63, 3.8) is 0 Å². The first-order valence-corrected chi connectivity index (χ1v) is 5.75. The molecule has 1 N–H and O–H groups in total. The van der Waals surface area contributed by atoms with E-state index in [0.29, 0.717) is 12.2 Å². The van der Waals surface area contributed by atoms with Crippen molar-refractivity contribution >= 4 is 0 Å². The molecule has 1 unspecified atom stereocenters. The molecule has 1 atom stereocenters. The number of ether oxygens (including phenoxy) is 2. The van der Waals surface area contributed by atoms with Crippen LogP contribution in [0.2, 0.25) is 0 Å². The Hall–Kier alpha value is -1.94. The highest BCUT2D eigenvalue weighted by Crippen LogP contribution is 2.19. The molecular weight excluding hydrogens is 232 g/mol. The minimum Gasteiger partial charge on any atom is -0.497 e. The largest absolute Gasteiger partial charge is 0.497 e. The summed E-state index contributed by atoms with van der Waals surface area (Å²) in [7, 11) is 1.60. The molecule has 0 amide bonds. The molecule has 0 fully saturated rings. The number of aliphatic hydroxyl groups excluding tert-OH is 1. The predicted octanol–water partition coefficient (Wildman–Crippen LogP) is 2.27. The maximum absolute atomic E-state index is 9.79. The van der Waals surface area contributed by atoms with Crippen LogP contribution in [0.25, 0.3) is 0 Å². The van der Waals surface area contributed by atoms with E-state index in [1.54, 1.807) is 25.5 Å². The van der Waals surface area contributed by atoms with E-state index in [0.717, 1.165) is 11.5 Å². The van der Waals surface area contributed by atoms with Gasteiger partial charge in [-0.1, -0.05) is 6.07 Å².